The number of aliphatic hydroxyl groups is 1. The number of aliphatic hydroxyl groups excluding tert-OH is 1. The predicted molar refractivity (Wildman–Crippen MR) is 28.2 cm³/mol. The van der Waals surface area contributed by atoms with E-state index in [-0.39, 0.29) is 6.42 Å². The summed E-state index contributed by atoms with van der Waals surface area (Å²) in [5, 5.41) is 16.5. The van der Waals surface area contributed by atoms with E-state index in [1.54, 1.807) is 0 Å². The number of hydrogen-bond donors (Lipinski definition) is 2. The Bertz CT molecular complexity index is 77.7. The summed E-state index contributed by atoms with van der Waals surface area (Å²) in [4.78, 5) is 9.76. The SMILES string of the molecule is CC(O)[CH]CC(=O)O. The molecule has 3 nitrogen and oxygen atoms in total. The molecule has 0 fully saturated rings. The predicted octanol–water partition coefficient (Wildman–Crippen LogP) is 0.0462. The van der Waals surface area contributed by atoms with Crippen LogP contribution in [0.5, 0.6) is 0 Å². The van der Waals surface area contributed by atoms with Crippen LogP contribution in [0.2, 0.25) is 0 Å². The minimum atomic E-state index is -0.911. The summed E-state index contributed by atoms with van der Waals surface area (Å²) in [6, 6.07) is 0. The van der Waals surface area contributed by atoms with Gasteiger partial charge in [0.1, 0.15) is 0 Å². The molecular formula is C5H9O3. The summed E-state index contributed by atoms with van der Waals surface area (Å²) in [5.74, 6) is -0.911. The zero-order valence-corrected chi connectivity index (χ0v) is 4.66. The molecule has 3 heteroatoms. The Labute approximate surface area is 47.9 Å². The third-order valence-corrected chi connectivity index (χ3v) is 0.634. The molecule has 0 aromatic rings. The van der Waals surface area contributed by atoms with Crippen molar-refractivity contribution in [2.45, 2.75) is 19.4 Å². The molecule has 0 aromatic heterocycles. The van der Waals surface area contributed by atoms with Gasteiger partial charge in [0.15, 0.2) is 0 Å². The molecule has 0 aliphatic rings. The summed E-state index contributed by atoms with van der Waals surface area (Å²) in [6.45, 7) is 1.52. The van der Waals surface area contributed by atoms with E-state index in [1.165, 1.54) is 13.3 Å². The van der Waals surface area contributed by atoms with E-state index in [1.807, 2.05) is 0 Å². The van der Waals surface area contributed by atoms with Gasteiger partial charge in [-0.25, -0.2) is 0 Å². The number of hydrogen-bond acceptors (Lipinski definition) is 2. The fourth-order valence-electron chi connectivity index (χ4n) is 0.271. The van der Waals surface area contributed by atoms with Crippen molar-refractivity contribution in [1.29, 1.82) is 0 Å². The maximum absolute atomic E-state index is 9.76. The van der Waals surface area contributed by atoms with Crippen LogP contribution in [0.25, 0.3) is 0 Å². The van der Waals surface area contributed by atoms with Crippen LogP contribution in [0.3, 0.4) is 0 Å². The Balaban J connectivity index is 3.05. The maximum atomic E-state index is 9.76. The van der Waals surface area contributed by atoms with E-state index in [9.17, 15) is 4.79 Å². The highest BCUT2D eigenvalue weighted by Crippen LogP contribution is 1.91. The molecule has 0 rings (SSSR count). The molecule has 0 aromatic carbocycles. The standard InChI is InChI=1S/C5H9O3/c1-4(6)2-3-5(7)8/h2,4,6H,3H2,1H3,(H,7,8). The fraction of sp³-hybridized carbons (Fsp3) is 0.600. The van der Waals surface area contributed by atoms with Gasteiger partial charge in [-0.3, -0.25) is 4.79 Å². The van der Waals surface area contributed by atoms with E-state index < -0.39 is 12.1 Å². The highest BCUT2D eigenvalue weighted by Gasteiger charge is 1.99. The lowest BCUT2D eigenvalue weighted by Crippen LogP contribution is -2.04. The van der Waals surface area contributed by atoms with E-state index in [4.69, 9.17) is 10.2 Å². The van der Waals surface area contributed by atoms with Crippen LogP contribution in [0.1, 0.15) is 13.3 Å². The van der Waals surface area contributed by atoms with Crippen molar-refractivity contribution >= 4 is 5.97 Å². The smallest absolute Gasteiger partial charge is 0.303 e. The van der Waals surface area contributed by atoms with Crippen LogP contribution in [0, 0.1) is 6.42 Å². The second kappa shape index (κ2) is 3.43. The lowest BCUT2D eigenvalue weighted by atomic mass is 10.2. The highest BCUT2D eigenvalue weighted by molar-refractivity contribution is 5.68. The van der Waals surface area contributed by atoms with Gasteiger partial charge in [0, 0.05) is 6.42 Å². The fourth-order valence-corrected chi connectivity index (χ4v) is 0.271. The summed E-state index contributed by atoms with van der Waals surface area (Å²) in [6.07, 6.45) is 0.631. The largest absolute Gasteiger partial charge is 0.481 e. The first kappa shape index (κ1) is 7.43. The Morgan fingerprint density at radius 1 is 1.88 bits per heavy atom. The van der Waals surface area contributed by atoms with Crippen molar-refractivity contribution < 1.29 is 15.0 Å². The topological polar surface area (TPSA) is 57.5 Å². The first-order valence-corrected chi connectivity index (χ1v) is 2.36. The molecule has 0 bridgehead atoms. The Morgan fingerprint density at radius 2 is 2.38 bits per heavy atom. The molecule has 8 heavy (non-hydrogen) atoms. The van der Waals surface area contributed by atoms with Crippen LogP contribution in [0.15, 0.2) is 0 Å². The number of carbonyl (C=O) groups is 1. The number of carboxylic acids is 1. The van der Waals surface area contributed by atoms with Crippen molar-refractivity contribution in [2.24, 2.45) is 0 Å². The van der Waals surface area contributed by atoms with Crippen LogP contribution < -0.4 is 0 Å². The quantitative estimate of drug-likeness (QED) is 0.549. The molecule has 1 radical (unpaired) electrons. The molecule has 0 aliphatic carbocycles. The Hall–Kier alpha value is -0.570. The first-order chi connectivity index (χ1) is 3.63. The van der Waals surface area contributed by atoms with Gasteiger partial charge >= 0.3 is 5.97 Å². The number of carboxylic acid groups (broad SMARTS) is 1. The minimum Gasteiger partial charge on any atom is -0.481 e. The summed E-state index contributed by atoms with van der Waals surface area (Å²) in [5.41, 5.74) is 0. The summed E-state index contributed by atoms with van der Waals surface area (Å²) >= 11 is 0. The summed E-state index contributed by atoms with van der Waals surface area (Å²) < 4.78 is 0. The van der Waals surface area contributed by atoms with Gasteiger partial charge in [-0.2, -0.15) is 0 Å². The van der Waals surface area contributed by atoms with Crippen molar-refractivity contribution in [3.05, 3.63) is 6.42 Å². The van der Waals surface area contributed by atoms with Crippen molar-refractivity contribution in [3.63, 3.8) is 0 Å². The first-order valence-electron chi connectivity index (χ1n) is 2.36. The second-order valence-corrected chi connectivity index (χ2v) is 1.57. The number of aliphatic carboxylic acids is 1. The van der Waals surface area contributed by atoms with Crippen LogP contribution >= 0.6 is 0 Å². The van der Waals surface area contributed by atoms with Gasteiger partial charge in [0.05, 0.1) is 12.5 Å². The third-order valence-electron chi connectivity index (χ3n) is 0.634. The molecule has 0 aliphatic heterocycles. The van der Waals surface area contributed by atoms with Gasteiger partial charge < -0.3 is 10.2 Å². The molecule has 47 valence electrons. The average Bonchev–Trinajstić information content (AvgIpc) is 1.61. The van der Waals surface area contributed by atoms with Gasteiger partial charge in [0.2, 0.25) is 0 Å². The molecule has 0 spiro atoms. The van der Waals surface area contributed by atoms with Gasteiger partial charge in [-0.05, 0) is 6.92 Å². The molecule has 0 saturated carbocycles. The monoisotopic (exact) mass is 117 g/mol. The Morgan fingerprint density at radius 3 is 2.50 bits per heavy atom. The van der Waals surface area contributed by atoms with Crippen molar-refractivity contribution in [3.8, 4) is 0 Å². The average molecular weight is 117 g/mol. The molecule has 0 saturated heterocycles. The van der Waals surface area contributed by atoms with E-state index in [0.717, 1.165) is 0 Å². The highest BCUT2D eigenvalue weighted by atomic mass is 16.4. The molecule has 0 amide bonds. The zero-order valence-electron chi connectivity index (χ0n) is 4.66. The summed E-state index contributed by atoms with van der Waals surface area (Å²) in [7, 11) is 0. The van der Waals surface area contributed by atoms with Crippen molar-refractivity contribution in [2.75, 3.05) is 0 Å². The van der Waals surface area contributed by atoms with E-state index in [2.05, 4.69) is 0 Å². The van der Waals surface area contributed by atoms with Gasteiger partial charge in [-0.15, -0.1) is 0 Å². The molecular weight excluding hydrogens is 108 g/mol. The lowest BCUT2D eigenvalue weighted by Gasteiger charge is -1.96. The second-order valence-electron chi connectivity index (χ2n) is 1.57. The molecule has 1 atom stereocenters. The third kappa shape index (κ3) is 5.43. The Kier molecular flexibility index (Phi) is 3.19. The van der Waals surface area contributed by atoms with Crippen LogP contribution in [-0.4, -0.2) is 22.3 Å². The van der Waals surface area contributed by atoms with E-state index >= 15 is 0 Å². The molecule has 0 heterocycles. The van der Waals surface area contributed by atoms with Crippen LogP contribution in [0.4, 0.5) is 0 Å². The number of rotatable bonds is 3. The normalized spacial score (nSPS) is 13.2. The minimum absolute atomic E-state index is 0.0718. The molecule has 2 N–H and O–H groups in total. The van der Waals surface area contributed by atoms with Crippen LogP contribution in [-0.2, 0) is 4.79 Å². The lowest BCUT2D eigenvalue weighted by molar-refractivity contribution is -0.136. The van der Waals surface area contributed by atoms with E-state index in [0.29, 0.717) is 0 Å². The molecule has 1 unspecified atom stereocenters. The van der Waals surface area contributed by atoms with Gasteiger partial charge in [-0.1, -0.05) is 0 Å². The van der Waals surface area contributed by atoms with Gasteiger partial charge in [0.25, 0.3) is 0 Å². The maximum Gasteiger partial charge on any atom is 0.303 e. The van der Waals surface area contributed by atoms with Crippen molar-refractivity contribution in [1.82, 2.24) is 0 Å². The zero-order chi connectivity index (χ0) is 6.57.